The first kappa shape index (κ1) is 12.8. The Labute approximate surface area is 117 Å². The highest BCUT2D eigenvalue weighted by Crippen LogP contribution is 2.34. The van der Waals surface area contributed by atoms with Crippen LogP contribution in [0.1, 0.15) is 30.5 Å². The fraction of sp³-hybridized carbons (Fsp3) is 0.312. The summed E-state index contributed by atoms with van der Waals surface area (Å²) in [7, 11) is 0. The van der Waals surface area contributed by atoms with Crippen molar-refractivity contribution in [3.8, 4) is 11.1 Å². The van der Waals surface area contributed by atoms with E-state index in [9.17, 15) is 10.1 Å². The number of benzene rings is 1. The van der Waals surface area contributed by atoms with Crippen LogP contribution in [0.15, 0.2) is 36.5 Å². The van der Waals surface area contributed by atoms with Gasteiger partial charge in [0.25, 0.3) is 5.69 Å². The van der Waals surface area contributed by atoms with Gasteiger partial charge in [0, 0.05) is 18.0 Å². The summed E-state index contributed by atoms with van der Waals surface area (Å²) in [5, 5.41) is 11.2. The molecule has 102 valence electrons. The molecule has 1 aromatic carbocycles. The van der Waals surface area contributed by atoms with Crippen LogP contribution in [0.2, 0.25) is 0 Å². The summed E-state index contributed by atoms with van der Waals surface area (Å²) in [5.74, 6) is 0. The van der Waals surface area contributed by atoms with E-state index >= 15 is 0 Å². The molecule has 2 aromatic rings. The topological polar surface area (TPSA) is 56.0 Å². The van der Waals surface area contributed by atoms with Crippen LogP contribution in [0.4, 0.5) is 5.69 Å². The molecule has 0 radical (unpaired) electrons. The van der Waals surface area contributed by atoms with Crippen molar-refractivity contribution < 1.29 is 4.92 Å². The molecule has 1 aliphatic rings. The lowest BCUT2D eigenvalue weighted by molar-refractivity contribution is -0.384. The number of nitro benzene ring substituents is 1. The van der Waals surface area contributed by atoms with Gasteiger partial charge in [-0.3, -0.25) is 15.1 Å². The predicted octanol–water partition coefficient (Wildman–Crippen LogP) is 3.93. The van der Waals surface area contributed by atoms with Gasteiger partial charge in [-0.25, -0.2) is 0 Å². The minimum absolute atomic E-state index is 0.171. The molecule has 0 saturated carbocycles. The molecule has 20 heavy (non-hydrogen) atoms. The predicted molar refractivity (Wildman–Crippen MR) is 77.6 cm³/mol. The van der Waals surface area contributed by atoms with E-state index in [2.05, 4.69) is 4.98 Å². The quantitative estimate of drug-likeness (QED) is 0.471. The Bertz CT molecular complexity index is 653. The van der Waals surface area contributed by atoms with Gasteiger partial charge in [0.2, 0.25) is 0 Å². The second-order valence-corrected chi connectivity index (χ2v) is 5.12. The smallest absolute Gasteiger partial charge is 0.261 e. The molecule has 0 fully saturated rings. The molecular formula is C16H16N2O2. The molecule has 0 aliphatic heterocycles. The monoisotopic (exact) mass is 268 g/mol. The molecule has 1 aliphatic carbocycles. The maximum atomic E-state index is 11.2. The molecule has 4 nitrogen and oxygen atoms in total. The first-order valence-corrected chi connectivity index (χ1v) is 6.98. The molecule has 0 atom stereocenters. The first-order chi connectivity index (χ1) is 9.77. The van der Waals surface area contributed by atoms with E-state index in [0.717, 1.165) is 36.9 Å². The minimum atomic E-state index is -0.307. The van der Waals surface area contributed by atoms with Gasteiger partial charge >= 0.3 is 0 Å². The van der Waals surface area contributed by atoms with Gasteiger partial charge in [-0.05, 0) is 48.9 Å². The van der Waals surface area contributed by atoms with Gasteiger partial charge in [-0.2, -0.15) is 0 Å². The first-order valence-electron chi connectivity index (χ1n) is 6.98. The van der Waals surface area contributed by atoms with Crippen molar-refractivity contribution in [2.75, 3.05) is 0 Å². The minimum Gasteiger partial charge on any atom is -0.261 e. The van der Waals surface area contributed by atoms with Crippen LogP contribution >= 0.6 is 0 Å². The van der Waals surface area contributed by atoms with Gasteiger partial charge in [0.15, 0.2) is 0 Å². The van der Waals surface area contributed by atoms with E-state index in [1.54, 1.807) is 18.3 Å². The molecule has 1 aromatic heterocycles. The third-order valence-electron chi connectivity index (χ3n) is 3.88. The van der Waals surface area contributed by atoms with Crippen LogP contribution in [0.3, 0.4) is 0 Å². The molecule has 0 unspecified atom stereocenters. The standard InChI is InChI=1S/C16H16N2O2/c19-18(20)16-9-5-4-7-14(16)12-10-11-17-15-8-3-1-2-6-13(12)15/h4-5,7,9-11H,1-3,6,8H2. The number of nitrogens with zero attached hydrogens (tertiary/aromatic N) is 2. The lowest BCUT2D eigenvalue weighted by atomic mass is 9.95. The van der Waals surface area contributed by atoms with Crippen LogP contribution in [0.25, 0.3) is 11.1 Å². The molecule has 0 bridgehead atoms. The molecule has 0 saturated heterocycles. The maximum absolute atomic E-state index is 11.2. The summed E-state index contributed by atoms with van der Waals surface area (Å²) in [4.78, 5) is 15.4. The Hall–Kier alpha value is -2.23. The second kappa shape index (κ2) is 5.41. The molecule has 1 heterocycles. The second-order valence-electron chi connectivity index (χ2n) is 5.12. The summed E-state index contributed by atoms with van der Waals surface area (Å²) in [6.45, 7) is 0. The maximum Gasteiger partial charge on any atom is 0.277 e. The average Bonchev–Trinajstić information content (AvgIpc) is 2.72. The van der Waals surface area contributed by atoms with Crippen molar-refractivity contribution >= 4 is 5.69 Å². The van der Waals surface area contributed by atoms with Crippen molar-refractivity contribution in [1.82, 2.24) is 4.98 Å². The summed E-state index contributed by atoms with van der Waals surface area (Å²) in [6, 6.07) is 8.87. The Kier molecular flexibility index (Phi) is 3.46. The lowest BCUT2D eigenvalue weighted by Gasteiger charge is -2.11. The van der Waals surface area contributed by atoms with Gasteiger partial charge in [0.05, 0.1) is 10.5 Å². The van der Waals surface area contributed by atoms with Crippen molar-refractivity contribution in [2.45, 2.75) is 32.1 Å². The summed E-state index contributed by atoms with van der Waals surface area (Å²) in [5.41, 5.74) is 4.16. The number of hydrogen-bond donors (Lipinski definition) is 0. The summed E-state index contributed by atoms with van der Waals surface area (Å²) >= 11 is 0. The Morgan fingerprint density at radius 2 is 1.80 bits per heavy atom. The summed E-state index contributed by atoms with van der Waals surface area (Å²) in [6.07, 6.45) is 7.20. The van der Waals surface area contributed by atoms with Crippen molar-refractivity contribution in [3.63, 3.8) is 0 Å². The van der Waals surface area contributed by atoms with Crippen molar-refractivity contribution in [1.29, 1.82) is 0 Å². The number of hydrogen-bond acceptors (Lipinski definition) is 3. The molecular weight excluding hydrogens is 252 g/mol. The van der Waals surface area contributed by atoms with E-state index in [0.29, 0.717) is 5.56 Å². The number of para-hydroxylation sites is 1. The normalized spacial score (nSPS) is 14.4. The number of aryl methyl sites for hydroxylation is 1. The number of aromatic nitrogens is 1. The Balaban J connectivity index is 2.18. The van der Waals surface area contributed by atoms with Crippen LogP contribution < -0.4 is 0 Å². The highest BCUT2D eigenvalue weighted by Gasteiger charge is 2.20. The van der Waals surface area contributed by atoms with Gasteiger partial charge in [-0.15, -0.1) is 0 Å². The van der Waals surface area contributed by atoms with Crippen LogP contribution in [-0.2, 0) is 12.8 Å². The SMILES string of the molecule is O=[N+]([O-])c1ccccc1-c1ccnc2c1CCCCC2. The van der Waals surface area contributed by atoms with Gasteiger partial charge < -0.3 is 0 Å². The van der Waals surface area contributed by atoms with Gasteiger partial charge in [-0.1, -0.05) is 18.6 Å². The Morgan fingerprint density at radius 3 is 2.65 bits per heavy atom. The zero-order valence-electron chi connectivity index (χ0n) is 11.2. The number of fused-ring (bicyclic) bond motifs is 1. The lowest BCUT2D eigenvalue weighted by Crippen LogP contribution is -2.00. The summed E-state index contributed by atoms with van der Waals surface area (Å²) < 4.78 is 0. The fourth-order valence-electron chi connectivity index (χ4n) is 2.91. The third kappa shape index (κ3) is 2.29. The fourth-order valence-corrected chi connectivity index (χ4v) is 2.91. The number of rotatable bonds is 2. The third-order valence-corrected chi connectivity index (χ3v) is 3.88. The van der Waals surface area contributed by atoms with E-state index < -0.39 is 0 Å². The van der Waals surface area contributed by atoms with Gasteiger partial charge in [0.1, 0.15) is 0 Å². The highest BCUT2D eigenvalue weighted by molar-refractivity contribution is 5.76. The van der Waals surface area contributed by atoms with Crippen LogP contribution in [-0.4, -0.2) is 9.91 Å². The number of pyridine rings is 1. The molecule has 0 N–H and O–H groups in total. The highest BCUT2D eigenvalue weighted by atomic mass is 16.6. The van der Waals surface area contributed by atoms with E-state index in [-0.39, 0.29) is 10.6 Å². The van der Waals surface area contributed by atoms with Crippen molar-refractivity contribution in [3.05, 3.63) is 57.9 Å². The van der Waals surface area contributed by atoms with Crippen LogP contribution in [0.5, 0.6) is 0 Å². The van der Waals surface area contributed by atoms with Crippen LogP contribution in [0, 0.1) is 10.1 Å². The Morgan fingerprint density at radius 1 is 1.00 bits per heavy atom. The zero-order chi connectivity index (χ0) is 13.9. The largest absolute Gasteiger partial charge is 0.277 e. The average molecular weight is 268 g/mol. The van der Waals surface area contributed by atoms with Crippen molar-refractivity contribution in [2.24, 2.45) is 0 Å². The number of nitro groups is 1. The molecule has 0 spiro atoms. The molecule has 3 rings (SSSR count). The van der Waals surface area contributed by atoms with E-state index in [1.165, 1.54) is 12.0 Å². The van der Waals surface area contributed by atoms with E-state index in [4.69, 9.17) is 0 Å². The molecule has 0 amide bonds. The zero-order valence-corrected chi connectivity index (χ0v) is 11.2. The molecule has 4 heteroatoms. The van der Waals surface area contributed by atoms with E-state index in [1.807, 2.05) is 18.2 Å².